The van der Waals surface area contributed by atoms with Crippen molar-refractivity contribution in [2.24, 2.45) is 0 Å². The first-order valence-electron chi connectivity index (χ1n) is 4.87. The van der Waals surface area contributed by atoms with Crippen LogP contribution < -0.4 is 0 Å². The molecule has 1 aromatic heterocycles. The number of hydrogen-bond acceptors (Lipinski definition) is 6. The van der Waals surface area contributed by atoms with Gasteiger partial charge in [0.2, 0.25) is 0 Å². The van der Waals surface area contributed by atoms with Crippen LogP contribution >= 0.6 is 24.0 Å². The number of carbonyl (C=O) groups excluding carboxylic acids is 2. The SMILES string of the molecule is CCOC(=O)Cc1csc(CC(=O)CS)n1. The number of esters is 1. The van der Waals surface area contributed by atoms with E-state index >= 15 is 0 Å². The smallest absolute Gasteiger partial charge is 0.311 e. The first-order valence-corrected chi connectivity index (χ1v) is 6.38. The Morgan fingerprint density at radius 3 is 2.88 bits per heavy atom. The van der Waals surface area contributed by atoms with Crippen molar-refractivity contribution in [2.45, 2.75) is 19.8 Å². The summed E-state index contributed by atoms with van der Waals surface area (Å²) in [6.45, 7) is 2.13. The molecule has 0 saturated carbocycles. The van der Waals surface area contributed by atoms with E-state index in [4.69, 9.17) is 4.74 Å². The van der Waals surface area contributed by atoms with E-state index in [1.165, 1.54) is 11.3 Å². The highest BCUT2D eigenvalue weighted by Crippen LogP contribution is 2.12. The minimum Gasteiger partial charge on any atom is -0.466 e. The predicted octanol–water partition coefficient (Wildman–Crippen LogP) is 1.29. The van der Waals surface area contributed by atoms with Crippen LogP contribution in [0.15, 0.2) is 5.38 Å². The summed E-state index contributed by atoms with van der Waals surface area (Å²) in [7, 11) is 0. The third-order valence-electron chi connectivity index (χ3n) is 1.75. The summed E-state index contributed by atoms with van der Waals surface area (Å²) in [4.78, 5) is 26.5. The molecule has 0 spiro atoms. The summed E-state index contributed by atoms with van der Waals surface area (Å²) in [5, 5.41) is 2.50. The van der Waals surface area contributed by atoms with Crippen LogP contribution in [0.5, 0.6) is 0 Å². The average molecular weight is 259 g/mol. The summed E-state index contributed by atoms with van der Waals surface area (Å²) >= 11 is 5.27. The van der Waals surface area contributed by atoms with Crippen molar-refractivity contribution in [1.82, 2.24) is 4.98 Å². The highest BCUT2D eigenvalue weighted by Gasteiger charge is 2.10. The van der Waals surface area contributed by atoms with Crippen molar-refractivity contribution in [3.05, 3.63) is 16.1 Å². The number of aromatic nitrogens is 1. The zero-order valence-corrected chi connectivity index (χ0v) is 10.6. The van der Waals surface area contributed by atoms with Crippen molar-refractivity contribution in [3.63, 3.8) is 0 Å². The Balaban J connectivity index is 2.51. The Kier molecular flexibility index (Phi) is 5.48. The quantitative estimate of drug-likeness (QED) is 0.618. The maximum absolute atomic E-state index is 11.2. The summed E-state index contributed by atoms with van der Waals surface area (Å²) in [6.07, 6.45) is 0.455. The van der Waals surface area contributed by atoms with Crippen LogP contribution in [0.4, 0.5) is 0 Å². The molecule has 0 radical (unpaired) electrons. The summed E-state index contributed by atoms with van der Waals surface area (Å²) in [6, 6.07) is 0. The fraction of sp³-hybridized carbons (Fsp3) is 0.500. The van der Waals surface area contributed by atoms with Gasteiger partial charge in [-0.25, -0.2) is 4.98 Å². The van der Waals surface area contributed by atoms with Crippen LogP contribution in [-0.2, 0) is 27.2 Å². The lowest BCUT2D eigenvalue weighted by molar-refractivity contribution is -0.142. The van der Waals surface area contributed by atoms with E-state index in [2.05, 4.69) is 17.6 Å². The Labute approximate surface area is 103 Å². The molecule has 0 amide bonds. The lowest BCUT2D eigenvalue weighted by atomic mass is 10.3. The van der Waals surface area contributed by atoms with Crippen LogP contribution in [-0.4, -0.2) is 29.1 Å². The maximum Gasteiger partial charge on any atom is 0.311 e. The van der Waals surface area contributed by atoms with Gasteiger partial charge in [-0.2, -0.15) is 12.6 Å². The molecule has 16 heavy (non-hydrogen) atoms. The Morgan fingerprint density at radius 2 is 2.25 bits per heavy atom. The molecule has 1 rings (SSSR count). The van der Waals surface area contributed by atoms with Crippen LogP contribution in [0.25, 0.3) is 0 Å². The van der Waals surface area contributed by atoms with Crippen molar-refractivity contribution in [2.75, 3.05) is 12.4 Å². The molecule has 0 unspecified atom stereocenters. The van der Waals surface area contributed by atoms with Crippen molar-refractivity contribution < 1.29 is 14.3 Å². The van der Waals surface area contributed by atoms with Gasteiger partial charge in [-0.1, -0.05) is 0 Å². The molecule has 0 N–H and O–H groups in total. The second-order valence-corrected chi connectivity index (χ2v) is 4.35. The van der Waals surface area contributed by atoms with Gasteiger partial charge in [-0.3, -0.25) is 9.59 Å². The molecular weight excluding hydrogens is 246 g/mol. The van der Waals surface area contributed by atoms with E-state index in [1.54, 1.807) is 12.3 Å². The number of rotatable bonds is 6. The van der Waals surface area contributed by atoms with Crippen LogP contribution in [0.1, 0.15) is 17.6 Å². The van der Waals surface area contributed by atoms with Gasteiger partial charge in [0, 0.05) is 11.1 Å². The van der Waals surface area contributed by atoms with Gasteiger partial charge in [-0.05, 0) is 6.92 Å². The number of thiazole rings is 1. The lowest BCUT2D eigenvalue weighted by Crippen LogP contribution is -2.08. The highest BCUT2D eigenvalue weighted by molar-refractivity contribution is 7.81. The van der Waals surface area contributed by atoms with Gasteiger partial charge in [-0.15, -0.1) is 11.3 Å². The fourth-order valence-electron chi connectivity index (χ4n) is 1.10. The van der Waals surface area contributed by atoms with E-state index < -0.39 is 0 Å². The van der Waals surface area contributed by atoms with Gasteiger partial charge >= 0.3 is 5.97 Å². The number of ketones is 1. The second kappa shape index (κ2) is 6.65. The van der Waals surface area contributed by atoms with Crippen molar-refractivity contribution >= 4 is 35.7 Å². The van der Waals surface area contributed by atoms with E-state index in [1.807, 2.05) is 0 Å². The minimum absolute atomic E-state index is 0.0281. The Morgan fingerprint density at radius 1 is 1.50 bits per heavy atom. The van der Waals surface area contributed by atoms with Crippen molar-refractivity contribution in [3.8, 4) is 0 Å². The first-order chi connectivity index (χ1) is 7.65. The zero-order valence-electron chi connectivity index (χ0n) is 8.93. The molecule has 1 aromatic rings. The van der Waals surface area contributed by atoms with Gasteiger partial charge in [0.25, 0.3) is 0 Å². The molecule has 6 heteroatoms. The van der Waals surface area contributed by atoms with Crippen LogP contribution in [0.2, 0.25) is 0 Å². The first kappa shape index (κ1) is 13.2. The average Bonchev–Trinajstić information content (AvgIpc) is 2.65. The number of carbonyl (C=O) groups is 2. The van der Waals surface area contributed by atoms with Gasteiger partial charge < -0.3 is 4.74 Å². The molecule has 0 fully saturated rings. The molecule has 0 aliphatic rings. The second-order valence-electron chi connectivity index (χ2n) is 3.09. The Hall–Kier alpha value is -0.880. The van der Waals surface area contributed by atoms with E-state index in [0.717, 1.165) is 5.01 Å². The highest BCUT2D eigenvalue weighted by atomic mass is 32.1. The minimum atomic E-state index is -0.292. The monoisotopic (exact) mass is 259 g/mol. The largest absolute Gasteiger partial charge is 0.466 e. The summed E-state index contributed by atoms with van der Waals surface area (Å²) in [5.74, 6) is -0.0486. The molecule has 0 aliphatic carbocycles. The van der Waals surface area contributed by atoms with E-state index in [9.17, 15) is 9.59 Å². The van der Waals surface area contributed by atoms with Gasteiger partial charge in [0.15, 0.2) is 0 Å². The Bertz CT molecular complexity index is 376. The number of hydrogen-bond donors (Lipinski definition) is 1. The topological polar surface area (TPSA) is 56.3 Å². The van der Waals surface area contributed by atoms with Crippen molar-refractivity contribution in [1.29, 1.82) is 0 Å². The van der Waals surface area contributed by atoms with E-state index in [0.29, 0.717) is 12.3 Å². The number of ether oxygens (including phenoxy) is 1. The molecule has 0 bridgehead atoms. The third kappa shape index (κ3) is 4.32. The standard InChI is InChI=1S/C10H13NO3S2/c1-2-14-10(13)3-7-6-16-9(11-7)4-8(12)5-15/h6,15H,2-5H2,1H3. The predicted molar refractivity (Wildman–Crippen MR) is 65.0 cm³/mol. The van der Waals surface area contributed by atoms with Crippen LogP contribution in [0.3, 0.4) is 0 Å². The zero-order chi connectivity index (χ0) is 12.0. The lowest BCUT2D eigenvalue weighted by Gasteiger charge is -1.98. The molecule has 88 valence electrons. The molecule has 0 saturated heterocycles. The molecule has 0 aromatic carbocycles. The van der Waals surface area contributed by atoms with Gasteiger partial charge in [0.05, 0.1) is 25.1 Å². The normalized spacial score (nSPS) is 10.1. The molecule has 4 nitrogen and oxygen atoms in total. The molecule has 0 atom stereocenters. The van der Waals surface area contributed by atoms with E-state index in [-0.39, 0.29) is 30.3 Å². The summed E-state index contributed by atoms with van der Waals surface area (Å²) in [5.41, 5.74) is 0.658. The molecular formula is C10H13NO3S2. The van der Waals surface area contributed by atoms with Gasteiger partial charge in [0.1, 0.15) is 10.8 Å². The maximum atomic E-state index is 11.2. The number of Topliss-reactive ketones (excluding diaryl/α,β-unsaturated/α-hetero) is 1. The van der Waals surface area contributed by atoms with Crippen LogP contribution in [0, 0.1) is 0 Å². The molecule has 0 aliphatic heterocycles. The number of thiol groups is 1. The number of nitrogens with zero attached hydrogens (tertiary/aromatic N) is 1. The fourth-order valence-corrected chi connectivity index (χ4v) is 2.03. The molecule has 1 heterocycles. The summed E-state index contributed by atoms with van der Waals surface area (Å²) < 4.78 is 4.80. The third-order valence-corrected chi connectivity index (χ3v) is 3.01.